The van der Waals surface area contributed by atoms with Crippen LogP contribution in [0.25, 0.3) is 0 Å². The molecular formula is C15H23BrN2. The number of hydrazine groups is 1. The van der Waals surface area contributed by atoms with Crippen LogP contribution in [0.3, 0.4) is 0 Å². The number of nitrogens with one attached hydrogen (secondary N) is 1. The Morgan fingerprint density at radius 1 is 1.22 bits per heavy atom. The van der Waals surface area contributed by atoms with Crippen molar-refractivity contribution in [3.63, 3.8) is 0 Å². The molecule has 1 atom stereocenters. The molecule has 1 aromatic carbocycles. The van der Waals surface area contributed by atoms with E-state index in [2.05, 4.69) is 46.5 Å². The number of hydrogen-bond acceptors (Lipinski definition) is 2. The molecule has 0 amide bonds. The molecule has 1 fully saturated rings. The highest BCUT2D eigenvalue weighted by molar-refractivity contribution is 9.10. The Hall–Kier alpha value is -0.380. The number of halogens is 1. The van der Waals surface area contributed by atoms with Gasteiger partial charge in [0.1, 0.15) is 0 Å². The maximum Gasteiger partial charge on any atom is 0.0499 e. The monoisotopic (exact) mass is 310 g/mol. The zero-order valence-electron chi connectivity index (χ0n) is 11.1. The Morgan fingerprint density at radius 2 is 1.89 bits per heavy atom. The second kappa shape index (κ2) is 6.69. The van der Waals surface area contributed by atoms with Gasteiger partial charge < -0.3 is 0 Å². The zero-order chi connectivity index (χ0) is 13.0. The van der Waals surface area contributed by atoms with Gasteiger partial charge in [0.15, 0.2) is 0 Å². The number of hydrogen-bond donors (Lipinski definition) is 2. The summed E-state index contributed by atoms with van der Waals surface area (Å²) in [5.41, 5.74) is 5.66. The van der Waals surface area contributed by atoms with Crippen molar-refractivity contribution in [1.82, 2.24) is 5.43 Å². The summed E-state index contributed by atoms with van der Waals surface area (Å²) in [5, 5.41) is 0. The fourth-order valence-electron chi connectivity index (χ4n) is 3.03. The molecule has 1 aliphatic rings. The van der Waals surface area contributed by atoms with Crippen molar-refractivity contribution >= 4 is 15.9 Å². The molecule has 0 aromatic heterocycles. The normalized spacial score (nSPS) is 19.5. The van der Waals surface area contributed by atoms with Crippen molar-refractivity contribution in [3.8, 4) is 0 Å². The van der Waals surface area contributed by atoms with E-state index < -0.39 is 0 Å². The lowest BCUT2D eigenvalue weighted by Crippen LogP contribution is -2.33. The van der Waals surface area contributed by atoms with Gasteiger partial charge in [-0.05, 0) is 37.3 Å². The van der Waals surface area contributed by atoms with E-state index in [-0.39, 0.29) is 6.04 Å². The SMILES string of the molecule is Cc1ccc(Br)c(C(NN)C2CCCCCC2)c1. The van der Waals surface area contributed by atoms with E-state index >= 15 is 0 Å². The van der Waals surface area contributed by atoms with Crippen LogP contribution in [0.1, 0.15) is 55.7 Å². The smallest absolute Gasteiger partial charge is 0.0499 e. The summed E-state index contributed by atoms with van der Waals surface area (Å²) < 4.78 is 1.17. The highest BCUT2D eigenvalue weighted by Gasteiger charge is 2.24. The summed E-state index contributed by atoms with van der Waals surface area (Å²) in [4.78, 5) is 0. The van der Waals surface area contributed by atoms with Crippen molar-refractivity contribution < 1.29 is 0 Å². The largest absolute Gasteiger partial charge is 0.271 e. The molecule has 1 aliphatic carbocycles. The summed E-state index contributed by atoms with van der Waals surface area (Å²) in [7, 11) is 0. The van der Waals surface area contributed by atoms with E-state index in [0.717, 1.165) is 0 Å². The number of aryl methyl sites for hydroxylation is 1. The summed E-state index contributed by atoms with van der Waals surface area (Å²) in [5.74, 6) is 6.50. The van der Waals surface area contributed by atoms with E-state index in [1.165, 1.54) is 54.1 Å². The average molecular weight is 311 g/mol. The van der Waals surface area contributed by atoms with Gasteiger partial charge in [-0.3, -0.25) is 11.3 Å². The minimum atomic E-state index is 0.275. The minimum Gasteiger partial charge on any atom is -0.271 e. The third kappa shape index (κ3) is 3.34. The fraction of sp³-hybridized carbons (Fsp3) is 0.600. The first-order chi connectivity index (χ1) is 8.72. The molecule has 0 heterocycles. The molecule has 2 rings (SSSR count). The Kier molecular flexibility index (Phi) is 5.22. The second-order valence-electron chi connectivity index (χ2n) is 5.42. The summed E-state index contributed by atoms with van der Waals surface area (Å²) in [6, 6.07) is 6.79. The Labute approximate surface area is 118 Å². The van der Waals surface area contributed by atoms with E-state index in [1.54, 1.807) is 0 Å². The standard InChI is InChI=1S/C15H23BrN2/c1-11-8-9-14(16)13(10-11)15(18-17)12-6-4-2-3-5-7-12/h8-10,12,15,18H,2-7,17H2,1H3. The molecule has 100 valence electrons. The third-order valence-electron chi connectivity index (χ3n) is 4.04. The van der Waals surface area contributed by atoms with Crippen LogP contribution in [0, 0.1) is 12.8 Å². The van der Waals surface area contributed by atoms with Gasteiger partial charge >= 0.3 is 0 Å². The van der Waals surface area contributed by atoms with Gasteiger partial charge in [-0.1, -0.05) is 59.3 Å². The molecule has 2 nitrogen and oxygen atoms in total. The lowest BCUT2D eigenvalue weighted by molar-refractivity contribution is 0.328. The number of rotatable bonds is 3. The van der Waals surface area contributed by atoms with Crippen LogP contribution >= 0.6 is 15.9 Å². The summed E-state index contributed by atoms with van der Waals surface area (Å²) >= 11 is 3.66. The maximum absolute atomic E-state index is 5.83. The molecule has 18 heavy (non-hydrogen) atoms. The molecular weight excluding hydrogens is 288 g/mol. The third-order valence-corrected chi connectivity index (χ3v) is 4.76. The van der Waals surface area contributed by atoms with Crippen LogP contribution < -0.4 is 11.3 Å². The van der Waals surface area contributed by atoms with Crippen LogP contribution in [0.15, 0.2) is 22.7 Å². The van der Waals surface area contributed by atoms with Crippen molar-refractivity contribution in [2.24, 2.45) is 11.8 Å². The van der Waals surface area contributed by atoms with Crippen LogP contribution in [-0.2, 0) is 0 Å². The first kappa shape index (κ1) is 14.0. The molecule has 0 radical (unpaired) electrons. The number of nitrogens with two attached hydrogens (primary N) is 1. The highest BCUT2D eigenvalue weighted by Crippen LogP contribution is 2.36. The molecule has 0 spiro atoms. The quantitative estimate of drug-likeness (QED) is 0.498. The second-order valence-corrected chi connectivity index (χ2v) is 6.28. The zero-order valence-corrected chi connectivity index (χ0v) is 12.7. The van der Waals surface area contributed by atoms with E-state index in [9.17, 15) is 0 Å². The van der Waals surface area contributed by atoms with Crippen LogP contribution in [0.4, 0.5) is 0 Å². The van der Waals surface area contributed by atoms with Gasteiger partial charge in [-0.2, -0.15) is 0 Å². The molecule has 0 saturated heterocycles. The number of benzene rings is 1. The van der Waals surface area contributed by atoms with Crippen LogP contribution in [-0.4, -0.2) is 0 Å². The molecule has 1 unspecified atom stereocenters. The van der Waals surface area contributed by atoms with Crippen molar-refractivity contribution in [2.75, 3.05) is 0 Å². The first-order valence-electron chi connectivity index (χ1n) is 6.94. The highest BCUT2D eigenvalue weighted by atomic mass is 79.9. The van der Waals surface area contributed by atoms with Crippen molar-refractivity contribution in [2.45, 2.75) is 51.5 Å². The molecule has 1 aromatic rings. The predicted molar refractivity (Wildman–Crippen MR) is 80.1 cm³/mol. The van der Waals surface area contributed by atoms with Crippen LogP contribution in [0.2, 0.25) is 0 Å². The average Bonchev–Trinajstić information content (AvgIpc) is 2.64. The van der Waals surface area contributed by atoms with Gasteiger partial charge in [-0.25, -0.2) is 0 Å². The fourth-order valence-corrected chi connectivity index (χ4v) is 3.52. The Bertz CT molecular complexity index is 384. The summed E-state index contributed by atoms with van der Waals surface area (Å²) in [6.07, 6.45) is 8.01. The first-order valence-corrected chi connectivity index (χ1v) is 7.74. The molecule has 0 bridgehead atoms. The van der Waals surface area contributed by atoms with Crippen molar-refractivity contribution in [1.29, 1.82) is 0 Å². The molecule has 3 N–H and O–H groups in total. The Balaban J connectivity index is 2.23. The van der Waals surface area contributed by atoms with E-state index in [4.69, 9.17) is 5.84 Å². The lowest BCUT2D eigenvalue weighted by atomic mass is 9.87. The topological polar surface area (TPSA) is 38.0 Å². The van der Waals surface area contributed by atoms with Gasteiger partial charge in [-0.15, -0.1) is 0 Å². The Morgan fingerprint density at radius 3 is 2.50 bits per heavy atom. The van der Waals surface area contributed by atoms with E-state index in [0.29, 0.717) is 5.92 Å². The van der Waals surface area contributed by atoms with E-state index in [1.807, 2.05) is 0 Å². The molecule has 3 heteroatoms. The van der Waals surface area contributed by atoms with Crippen LogP contribution in [0.5, 0.6) is 0 Å². The summed E-state index contributed by atoms with van der Waals surface area (Å²) in [6.45, 7) is 2.14. The van der Waals surface area contributed by atoms with Gasteiger partial charge in [0.25, 0.3) is 0 Å². The van der Waals surface area contributed by atoms with Gasteiger partial charge in [0.2, 0.25) is 0 Å². The maximum atomic E-state index is 5.83. The predicted octanol–water partition coefficient (Wildman–Crippen LogP) is 4.23. The minimum absolute atomic E-state index is 0.275. The van der Waals surface area contributed by atoms with Crippen molar-refractivity contribution in [3.05, 3.63) is 33.8 Å². The molecule has 0 aliphatic heterocycles. The lowest BCUT2D eigenvalue weighted by Gasteiger charge is -2.27. The molecule has 1 saturated carbocycles. The van der Waals surface area contributed by atoms with Gasteiger partial charge in [0.05, 0.1) is 0 Å². The van der Waals surface area contributed by atoms with Gasteiger partial charge in [0, 0.05) is 10.5 Å².